The fourth-order valence-corrected chi connectivity index (χ4v) is 1.04. The lowest BCUT2D eigenvalue weighted by atomic mass is 10.2. The van der Waals surface area contributed by atoms with E-state index in [0.29, 0.717) is 6.61 Å². The highest BCUT2D eigenvalue weighted by Crippen LogP contribution is 1.96. The standard InChI is InChI=1S/C13H21NO2.C2H6.H2/c1-4-7-9-14-13(15)11-16-10-12(6-3)8-5-2;1-2;/h5-6,8H,2-4,7,9-11H2,1H3,(H,14,15);1-2H3;1H/b12-8+;;. The molecule has 0 heterocycles. The molecule has 0 rings (SSSR count). The average Bonchev–Trinajstić information content (AvgIpc) is 2.40. The number of rotatable bonds is 9. The molecule has 18 heavy (non-hydrogen) atoms. The van der Waals surface area contributed by atoms with E-state index >= 15 is 0 Å². The Labute approximate surface area is 113 Å². The molecule has 3 heteroatoms. The second-order valence-electron chi connectivity index (χ2n) is 3.38. The minimum atomic E-state index is -0.0736. The summed E-state index contributed by atoms with van der Waals surface area (Å²) in [6, 6.07) is 0. The van der Waals surface area contributed by atoms with Crippen LogP contribution in [0.5, 0.6) is 0 Å². The molecule has 0 aromatic rings. The van der Waals surface area contributed by atoms with Gasteiger partial charge in [-0.2, -0.15) is 0 Å². The fraction of sp³-hybridized carbons (Fsp3) is 0.533. The minimum Gasteiger partial charge on any atom is -0.367 e. The highest BCUT2D eigenvalue weighted by Gasteiger charge is 2.00. The number of carbonyl (C=O) groups excluding carboxylic acids is 1. The van der Waals surface area contributed by atoms with Crippen molar-refractivity contribution in [2.24, 2.45) is 0 Å². The van der Waals surface area contributed by atoms with Crippen LogP contribution in [0.15, 0.2) is 37.0 Å². The molecule has 0 unspecified atom stereocenters. The van der Waals surface area contributed by atoms with Crippen molar-refractivity contribution in [2.75, 3.05) is 19.8 Å². The first-order valence-electron chi connectivity index (χ1n) is 6.53. The number of unbranched alkanes of at least 4 members (excludes halogenated alkanes) is 1. The second-order valence-corrected chi connectivity index (χ2v) is 3.38. The molecule has 0 aliphatic heterocycles. The van der Waals surface area contributed by atoms with Crippen molar-refractivity contribution in [3.63, 3.8) is 0 Å². The average molecular weight is 255 g/mol. The molecule has 0 bridgehead atoms. The van der Waals surface area contributed by atoms with Crippen LogP contribution in [0, 0.1) is 0 Å². The Kier molecular flexibility index (Phi) is 16.5. The van der Waals surface area contributed by atoms with Gasteiger partial charge in [0.05, 0.1) is 6.61 Å². The van der Waals surface area contributed by atoms with Gasteiger partial charge in [-0.05, 0) is 12.0 Å². The zero-order valence-electron chi connectivity index (χ0n) is 12.0. The number of ether oxygens (including phenoxy) is 1. The molecule has 0 atom stereocenters. The molecule has 0 aromatic heterocycles. The Bertz CT molecular complexity index is 263. The second kappa shape index (κ2) is 15.6. The van der Waals surface area contributed by atoms with Crippen LogP contribution in [0.4, 0.5) is 0 Å². The van der Waals surface area contributed by atoms with E-state index in [1.807, 2.05) is 19.9 Å². The van der Waals surface area contributed by atoms with Crippen LogP contribution < -0.4 is 5.32 Å². The highest BCUT2D eigenvalue weighted by atomic mass is 16.5. The molecular weight excluding hydrogens is 226 g/mol. The number of amides is 1. The van der Waals surface area contributed by atoms with Crippen LogP contribution in [-0.4, -0.2) is 25.7 Å². The fourth-order valence-electron chi connectivity index (χ4n) is 1.04. The third-order valence-corrected chi connectivity index (χ3v) is 1.95. The maximum absolute atomic E-state index is 11.2. The normalized spacial score (nSPS) is 10.1. The SMILES string of the molecule is C=C/C=C(\C=C)COCC(=O)NCCCC.CC.[HH]. The molecule has 3 nitrogen and oxygen atoms in total. The van der Waals surface area contributed by atoms with Gasteiger partial charge in [-0.15, -0.1) is 0 Å². The Morgan fingerprint density at radius 3 is 2.50 bits per heavy atom. The number of allylic oxidation sites excluding steroid dienone is 2. The van der Waals surface area contributed by atoms with E-state index in [1.54, 1.807) is 12.2 Å². The first kappa shape index (κ1) is 19.0. The first-order valence-corrected chi connectivity index (χ1v) is 6.53. The molecule has 0 spiro atoms. The van der Waals surface area contributed by atoms with Gasteiger partial charge in [0.1, 0.15) is 6.61 Å². The van der Waals surface area contributed by atoms with Crippen LogP contribution in [0.1, 0.15) is 35.0 Å². The summed E-state index contributed by atoms with van der Waals surface area (Å²) in [5.74, 6) is -0.0736. The number of nitrogens with one attached hydrogen (secondary N) is 1. The molecule has 0 fully saturated rings. The predicted molar refractivity (Wildman–Crippen MR) is 80.7 cm³/mol. The van der Waals surface area contributed by atoms with Crippen LogP contribution in [-0.2, 0) is 9.53 Å². The van der Waals surface area contributed by atoms with Gasteiger partial charge in [0.2, 0.25) is 5.91 Å². The third-order valence-electron chi connectivity index (χ3n) is 1.95. The molecule has 106 valence electrons. The summed E-state index contributed by atoms with van der Waals surface area (Å²) in [6.45, 7) is 14.5. The largest absolute Gasteiger partial charge is 0.367 e. The van der Waals surface area contributed by atoms with E-state index in [9.17, 15) is 4.79 Å². The lowest BCUT2D eigenvalue weighted by Gasteiger charge is -2.05. The van der Waals surface area contributed by atoms with Crippen LogP contribution in [0.3, 0.4) is 0 Å². The van der Waals surface area contributed by atoms with E-state index in [2.05, 4.69) is 25.4 Å². The van der Waals surface area contributed by atoms with Gasteiger partial charge in [-0.25, -0.2) is 0 Å². The highest BCUT2D eigenvalue weighted by molar-refractivity contribution is 5.77. The zero-order chi connectivity index (χ0) is 14.2. The Morgan fingerprint density at radius 2 is 2.00 bits per heavy atom. The van der Waals surface area contributed by atoms with Crippen molar-refractivity contribution in [1.29, 1.82) is 0 Å². The van der Waals surface area contributed by atoms with Gasteiger partial charge < -0.3 is 10.1 Å². The summed E-state index contributed by atoms with van der Waals surface area (Å²) in [4.78, 5) is 11.2. The lowest BCUT2D eigenvalue weighted by Crippen LogP contribution is -2.28. The summed E-state index contributed by atoms with van der Waals surface area (Å²) >= 11 is 0. The van der Waals surface area contributed by atoms with Gasteiger partial charge >= 0.3 is 0 Å². The van der Waals surface area contributed by atoms with E-state index in [-0.39, 0.29) is 13.9 Å². The van der Waals surface area contributed by atoms with Crippen molar-refractivity contribution < 1.29 is 11.0 Å². The molecule has 0 saturated heterocycles. The minimum absolute atomic E-state index is 0. The Hall–Kier alpha value is -1.35. The summed E-state index contributed by atoms with van der Waals surface area (Å²) in [5, 5.41) is 2.78. The van der Waals surface area contributed by atoms with E-state index in [4.69, 9.17) is 4.74 Å². The maximum atomic E-state index is 11.2. The number of carbonyl (C=O) groups is 1. The van der Waals surface area contributed by atoms with E-state index in [1.165, 1.54) is 0 Å². The zero-order valence-corrected chi connectivity index (χ0v) is 12.0. The van der Waals surface area contributed by atoms with Crippen LogP contribution in [0.25, 0.3) is 0 Å². The summed E-state index contributed by atoms with van der Waals surface area (Å²) < 4.78 is 5.23. The van der Waals surface area contributed by atoms with Crippen molar-refractivity contribution in [3.05, 3.63) is 37.0 Å². The van der Waals surface area contributed by atoms with Gasteiger partial charge in [0.15, 0.2) is 0 Å². The van der Waals surface area contributed by atoms with Crippen molar-refractivity contribution in [3.8, 4) is 0 Å². The van der Waals surface area contributed by atoms with Crippen LogP contribution >= 0.6 is 0 Å². The first-order chi connectivity index (χ1) is 8.74. The Balaban J connectivity index is -0.000000809. The summed E-state index contributed by atoms with van der Waals surface area (Å²) in [7, 11) is 0. The maximum Gasteiger partial charge on any atom is 0.246 e. The number of hydrogen-bond acceptors (Lipinski definition) is 2. The monoisotopic (exact) mass is 255 g/mol. The van der Waals surface area contributed by atoms with E-state index < -0.39 is 0 Å². The Morgan fingerprint density at radius 1 is 1.33 bits per heavy atom. The van der Waals surface area contributed by atoms with Crippen molar-refractivity contribution >= 4 is 5.91 Å². The summed E-state index contributed by atoms with van der Waals surface area (Å²) in [6.07, 6.45) is 7.24. The van der Waals surface area contributed by atoms with Gasteiger partial charge in [-0.3, -0.25) is 4.79 Å². The smallest absolute Gasteiger partial charge is 0.246 e. The van der Waals surface area contributed by atoms with Crippen molar-refractivity contribution in [2.45, 2.75) is 33.6 Å². The summed E-state index contributed by atoms with van der Waals surface area (Å²) in [5.41, 5.74) is 0.913. The van der Waals surface area contributed by atoms with Crippen molar-refractivity contribution in [1.82, 2.24) is 5.32 Å². The van der Waals surface area contributed by atoms with Gasteiger partial charge in [0, 0.05) is 7.97 Å². The molecule has 0 aliphatic carbocycles. The molecule has 0 radical (unpaired) electrons. The third kappa shape index (κ3) is 12.7. The molecule has 0 aliphatic rings. The van der Waals surface area contributed by atoms with E-state index in [0.717, 1.165) is 25.0 Å². The molecule has 0 aromatic carbocycles. The van der Waals surface area contributed by atoms with Gasteiger partial charge in [0.25, 0.3) is 0 Å². The predicted octanol–water partition coefficient (Wildman–Crippen LogP) is 3.49. The topological polar surface area (TPSA) is 38.3 Å². The molecule has 1 N–H and O–H groups in total. The molecule has 1 amide bonds. The molecular formula is C15H29NO2. The van der Waals surface area contributed by atoms with Gasteiger partial charge in [-0.1, -0.05) is 58.6 Å². The molecule has 0 saturated carbocycles. The van der Waals surface area contributed by atoms with Crippen LogP contribution in [0.2, 0.25) is 0 Å². The lowest BCUT2D eigenvalue weighted by molar-refractivity contribution is -0.125. The number of hydrogen-bond donors (Lipinski definition) is 1. The quantitative estimate of drug-likeness (QED) is 0.506.